The predicted octanol–water partition coefficient (Wildman–Crippen LogP) is 2.90. The molecule has 0 N–H and O–H groups in total. The molecule has 1 unspecified atom stereocenters. The largest absolute Gasteiger partial charge is 0.477 e. The Morgan fingerprint density at radius 2 is 1.80 bits per heavy atom. The number of carbonyl (C=O) groups is 2. The normalized spacial score (nSPS) is 13.8. The number of halogens is 1. The molecule has 25 heavy (non-hydrogen) atoms. The number of nitrogens with zero attached hydrogens (tertiary/aromatic N) is 2. The first-order chi connectivity index (χ1) is 12.0. The molecule has 2 amide bonds. The molecule has 2 aromatic rings. The first-order valence-corrected chi connectivity index (χ1v) is 7.32. The minimum atomic E-state index is -0.883. The minimum Gasteiger partial charge on any atom is -0.477 e. The van der Waals surface area contributed by atoms with Crippen molar-refractivity contribution < 1.29 is 18.7 Å². The van der Waals surface area contributed by atoms with E-state index in [1.807, 2.05) is 0 Å². The van der Waals surface area contributed by atoms with E-state index in [1.165, 1.54) is 12.1 Å². The van der Waals surface area contributed by atoms with Gasteiger partial charge in [-0.15, -0.1) is 6.42 Å². The van der Waals surface area contributed by atoms with Crippen molar-refractivity contribution in [2.45, 2.75) is 13.0 Å². The number of terminal acetylenes is 1. The highest BCUT2D eigenvalue weighted by molar-refractivity contribution is 6.34. The van der Waals surface area contributed by atoms with Gasteiger partial charge in [0, 0.05) is 6.07 Å². The molecule has 1 atom stereocenters. The Kier molecular flexibility index (Phi) is 3.96. The van der Waals surface area contributed by atoms with Gasteiger partial charge in [-0.25, -0.2) is 9.29 Å². The number of amides is 2. The third-order valence-corrected chi connectivity index (χ3v) is 3.74. The summed E-state index contributed by atoms with van der Waals surface area (Å²) in [4.78, 5) is 25.7. The molecule has 1 heterocycles. The summed E-state index contributed by atoms with van der Waals surface area (Å²) >= 11 is 0. The van der Waals surface area contributed by atoms with Crippen LogP contribution in [0.15, 0.2) is 36.4 Å². The van der Waals surface area contributed by atoms with E-state index in [0.29, 0.717) is 0 Å². The number of hydrogen-bond acceptors (Lipinski definition) is 4. The summed E-state index contributed by atoms with van der Waals surface area (Å²) in [6, 6.07) is 10.1. The van der Waals surface area contributed by atoms with Gasteiger partial charge in [-0.05, 0) is 25.1 Å². The van der Waals surface area contributed by atoms with E-state index in [2.05, 4.69) is 5.92 Å². The van der Waals surface area contributed by atoms with Gasteiger partial charge < -0.3 is 4.74 Å². The zero-order valence-corrected chi connectivity index (χ0v) is 13.1. The van der Waals surface area contributed by atoms with Gasteiger partial charge >= 0.3 is 0 Å². The topological polar surface area (TPSA) is 70.4 Å². The van der Waals surface area contributed by atoms with E-state index in [1.54, 1.807) is 25.1 Å². The molecule has 0 radical (unpaired) electrons. The number of carbonyl (C=O) groups excluding carboxylic acids is 2. The van der Waals surface area contributed by atoms with Crippen LogP contribution in [0.1, 0.15) is 33.2 Å². The number of benzene rings is 2. The molecule has 5 nitrogen and oxygen atoms in total. The molecular weight excluding hydrogens is 323 g/mol. The number of anilines is 1. The van der Waals surface area contributed by atoms with Crippen LogP contribution in [0.4, 0.5) is 10.1 Å². The molecule has 3 rings (SSSR count). The van der Waals surface area contributed by atoms with Crippen LogP contribution in [0.25, 0.3) is 0 Å². The highest BCUT2D eigenvalue weighted by atomic mass is 19.1. The second-order valence-corrected chi connectivity index (χ2v) is 5.33. The van der Waals surface area contributed by atoms with Gasteiger partial charge in [-0.1, -0.05) is 18.1 Å². The maximum Gasteiger partial charge on any atom is 0.266 e. The van der Waals surface area contributed by atoms with E-state index >= 15 is 0 Å². The summed E-state index contributed by atoms with van der Waals surface area (Å²) in [6.45, 7) is 1.58. The molecule has 0 saturated heterocycles. The van der Waals surface area contributed by atoms with Crippen molar-refractivity contribution in [2.24, 2.45) is 0 Å². The Morgan fingerprint density at radius 3 is 2.32 bits per heavy atom. The van der Waals surface area contributed by atoms with Crippen LogP contribution >= 0.6 is 0 Å². The number of ether oxygens (including phenoxy) is 1. The molecular formula is C19H11FN2O3. The molecule has 1 aliphatic heterocycles. The highest BCUT2D eigenvalue weighted by Gasteiger charge is 2.38. The monoisotopic (exact) mass is 334 g/mol. The van der Waals surface area contributed by atoms with Crippen LogP contribution in [0, 0.1) is 29.5 Å². The molecule has 0 bridgehead atoms. The summed E-state index contributed by atoms with van der Waals surface area (Å²) in [6.07, 6.45) is 4.58. The average molecular weight is 334 g/mol. The first-order valence-electron chi connectivity index (χ1n) is 7.32. The van der Waals surface area contributed by atoms with Crippen LogP contribution in [0.2, 0.25) is 0 Å². The van der Waals surface area contributed by atoms with Crippen molar-refractivity contribution >= 4 is 17.5 Å². The standard InChI is InChI=1S/C19H11FN2O3/c1-3-11(2)25-17-9-16(15(20)8-12(17)10-21)22-18(23)13-6-4-5-7-14(13)19(22)24/h1,4-9,11H,2H3. The quantitative estimate of drug-likeness (QED) is 0.639. The number of fused-ring (bicyclic) bond motifs is 1. The van der Waals surface area contributed by atoms with E-state index in [-0.39, 0.29) is 28.1 Å². The molecule has 0 spiro atoms. The van der Waals surface area contributed by atoms with Crippen LogP contribution in [-0.2, 0) is 0 Å². The number of hydrogen-bond donors (Lipinski definition) is 0. The predicted molar refractivity (Wildman–Crippen MR) is 87.6 cm³/mol. The molecule has 0 fully saturated rings. The molecule has 0 aliphatic carbocycles. The Labute approximate surface area is 143 Å². The fraction of sp³-hybridized carbons (Fsp3) is 0.105. The molecule has 122 valence electrons. The van der Waals surface area contributed by atoms with Crippen molar-refractivity contribution in [2.75, 3.05) is 4.90 Å². The Bertz CT molecular complexity index is 950. The fourth-order valence-electron chi connectivity index (χ4n) is 2.53. The van der Waals surface area contributed by atoms with Crippen LogP contribution in [0.5, 0.6) is 5.75 Å². The third-order valence-electron chi connectivity index (χ3n) is 3.74. The minimum absolute atomic E-state index is 0.000839. The second-order valence-electron chi connectivity index (χ2n) is 5.33. The summed E-state index contributed by atoms with van der Waals surface area (Å²) < 4.78 is 19.9. The van der Waals surface area contributed by atoms with E-state index in [4.69, 9.17) is 16.4 Å². The second kappa shape index (κ2) is 6.10. The lowest BCUT2D eigenvalue weighted by molar-refractivity contribution is 0.0925. The molecule has 1 aliphatic rings. The summed E-state index contributed by atoms with van der Waals surface area (Å²) in [7, 11) is 0. The SMILES string of the molecule is C#CC(C)Oc1cc(N2C(=O)c3ccccc3C2=O)c(F)cc1C#N. The lowest BCUT2D eigenvalue weighted by Crippen LogP contribution is -2.30. The van der Waals surface area contributed by atoms with Crippen molar-refractivity contribution in [3.05, 3.63) is 58.9 Å². The van der Waals surface area contributed by atoms with E-state index in [9.17, 15) is 14.0 Å². The summed E-state index contributed by atoms with van der Waals surface area (Å²) in [5.41, 5.74) is 0.0100. The number of nitriles is 1. The Balaban J connectivity index is 2.11. The highest BCUT2D eigenvalue weighted by Crippen LogP contribution is 2.34. The third kappa shape index (κ3) is 2.60. The van der Waals surface area contributed by atoms with Gasteiger partial charge in [-0.3, -0.25) is 9.59 Å². The van der Waals surface area contributed by atoms with E-state index < -0.39 is 23.7 Å². The Hall–Kier alpha value is -3.64. The average Bonchev–Trinajstić information content (AvgIpc) is 2.87. The van der Waals surface area contributed by atoms with Crippen LogP contribution in [-0.4, -0.2) is 17.9 Å². The smallest absolute Gasteiger partial charge is 0.266 e. The van der Waals surface area contributed by atoms with Gasteiger partial charge in [-0.2, -0.15) is 5.26 Å². The molecule has 2 aromatic carbocycles. The van der Waals surface area contributed by atoms with Gasteiger partial charge in [0.1, 0.15) is 17.6 Å². The van der Waals surface area contributed by atoms with E-state index in [0.717, 1.165) is 17.0 Å². The molecule has 0 aromatic heterocycles. The van der Waals surface area contributed by atoms with Gasteiger partial charge in [0.15, 0.2) is 6.10 Å². The summed E-state index contributed by atoms with van der Waals surface area (Å²) in [5.74, 6) is 0.168. The number of rotatable bonds is 3. The first kappa shape index (κ1) is 16.2. The van der Waals surface area contributed by atoms with Crippen molar-refractivity contribution in [3.63, 3.8) is 0 Å². The fourth-order valence-corrected chi connectivity index (χ4v) is 2.53. The number of imide groups is 1. The zero-order valence-electron chi connectivity index (χ0n) is 13.1. The van der Waals surface area contributed by atoms with Gasteiger partial charge in [0.2, 0.25) is 0 Å². The van der Waals surface area contributed by atoms with Crippen LogP contribution in [0.3, 0.4) is 0 Å². The van der Waals surface area contributed by atoms with Gasteiger partial charge in [0.05, 0.1) is 22.4 Å². The summed E-state index contributed by atoms with van der Waals surface area (Å²) in [5, 5.41) is 9.13. The lowest BCUT2D eigenvalue weighted by atomic mass is 10.1. The zero-order chi connectivity index (χ0) is 18.1. The maximum absolute atomic E-state index is 14.5. The molecule has 0 saturated carbocycles. The maximum atomic E-state index is 14.5. The van der Waals surface area contributed by atoms with Crippen LogP contribution < -0.4 is 9.64 Å². The van der Waals surface area contributed by atoms with Gasteiger partial charge in [0.25, 0.3) is 11.8 Å². The Morgan fingerprint density at radius 1 is 1.20 bits per heavy atom. The molecule has 6 heteroatoms. The lowest BCUT2D eigenvalue weighted by Gasteiger charge is -2.18. The van der Waals surface area contributed by atoms with Crippen molar-refractivity contribution in [1.82, 2.24) is 0 Å². The van der Waals surface area contributed by atoms with Crippen molar-refractivity contribution in [1.29, 1.82) is 5.26 Å². The van der Waals surface area contributed by atoms with Crippen molar-refractivity contribution in [3.8, 4) is 24.2 Å².